The lowest BCUT2D eigenvalue weighted by atomic mass is 9.74. The van der Waals surface area contributed by atoms with Crippen molar-refractivity contribution in [2.45, 2.75) is 45.3 Å². The predicted octanol–water partition coefficient (Wildman–Crippen LogP) is 3.33. The molecule has 1 unspecified atom stereocenters. The molecule has 2 atom stereocenters. The summed E-state index contributed by atoms with van der Waals surface area (Å²) < 4.78 is 5.28. The van der Waals surface area contributed by atoms with Crippen molar-refractivity contribution in [2.24, 2.45) is 5.41 Å². The van der Waals surface area contributed by atoms with E-state index >= 15 is 0 Å². The van der Waals surface area contributed by atoms with Crippen molar-refractivity contribution in [3.05, 3.63) is 58.8 Å². The number of benzene rings is 1. The summed E-state index contributed by atoms with van der Waals surface area (Å²) in [5, 5.41) is 19.8. The van der Waals surface area contributed by atoms with Gasteiger partial charge in [-0.25, -0.2) is 9.78 Å². The third-order valence-corrected chi connectivity index (χ3v) is 7.06. The Balaban J connectivity index is 1.30. The van der Waals surface area contributed by atoms with Crippen molar-refractivity contribution in [3.63, 3.8) is 0 Å². The first-order chi connectivity index (χ1) is 15.8. The lowest BCUT2D eigenvalue weighted by molar-refractivity contribution is 0.0300. The summed E-state index contributed by atoms with van der Waals surface area (Å²) in [5.41, 5.74) is 3.23. The van der Waals surface area contributed by atoms with Gasteiger partial charge in [0.05, 0.1) is 17.2 Å². The molecular weight excluding hydrogens is 416 g/mol. The van der Waals surface area contributed by atoms with Gasteiger partial charge in [-0.3, -0.25) is 0 Å². The largest absolute Gasteiger partial charge is 0.459 e. The molecule has 0 spiro atoms. The van der Waals surface area contributed by atoms with Gasteiger partial charge >= 0.3 is 5.97 Å². The first-order valence-electron chi connectivity index (χ1n) is 11.6. The molecule has 2 aromatic rings. The maximum absolute atomic E-state index is 12.0. The number of rotatable bonds is 8. The number of esters is 1. The summed E-state index contributed by atoms with van der Waals surface area (Å²) in [7, 11) is 2.04. The minimum atomic E-state index is -0.605. The van der Waals surface area contributed by atoms with E-state index in [0.717, 1.165) is 49.4 Å². The van der Waals surface area contributed by atoms with Gasteiger partial charge in [-0.2, -0.15) is 5.26 Å². The molecule has 1 fully saturated rings. The number of aliphatic hydroxyl groups excluding tert-OH is 1. The second-order valence-electron chi connectivity index (χ2n) is 9.59. The van der Waals surface area contributed by atoms with Gasteiger partial charge < -0.3 is 19.6 Å². The Hall–Kier alpha value is -2.95. The summed E-state index contributed by atoms with van der Waals surface area (Å²) >= 11 is 0. The van der Waals surface area contributed by atoms with Crippen LogP contribution in [0.3, 0.4) is 0 Å². The van der Waals surface area contributed by atoms with E-state index in [1.54, 1.807) is 12.3 Å². The second kappa shape index (κ2) is 9.50. The third-order valence-electron chi connectivity index (χ3n) is 7.06. The van der Waals surface area contributed by atoms with Gasteiger partial charge in [-0.05, 0) is 62.7 Å². The molecule has 0 aliphatic carbocycles. The fourth-order valence-electron chi connectivity index (χ4n) is 4.83. The Morgan fingerprint density at radius 2 is 2.15 bits per heavy atom. The van der Waals surface area contributed by atoms with E-state index in [-0.39, 0.29) is 17.5 Å². The average molecular weight is 449 g/mol. The van der Waals surface area contributed by atoms with Crippen molar-refractivity contribution in [1.82, 2.24) is 9.88 Å². The quantitative estimate of drug-likeness (QED) is 0.620. The maximum atomic E-state index is 12.0. The monoisotopic (exact) mass is 448 g/mol. The highest BCUT2D eigenvalue weighted by Gasteiger charge is 2.41. The Kier molecular flexibility index (Phi) is 6.68. The number of nitriles is 1. The molecular formula is C26H32N4O3. The second-order valence-corrected chi connectivity index (χ2v) is 9.59. The van der Waals surface area contributed by atoms with Crippen LogP contribution in [0.15, 0.2) is 36.5 Å². The number of cyclic esters (lactones) is 1. The fraction of sp³-hybridized carbons (Fsp3) is 0.500. The normalized spacial score (nSPS) is 19.9. The summed E-state index contributed by atoms with van der Waals surface area (Å²) in [5.74, 6) is 0.644. The van der Waals surface area contributed by atoms with Crippen molar-refractivity contribution in [3.8, 4) is 6.07 Å². The van der Waals surface area contributed by atoms with Crippen LogP contribution in [0.5, 0.6) is 0 Å². The third kappa shape index (κ3) is 5.02. The molecule has 0 saturated carbocycles. The smallest absolute Gasteiger partial charge is 0.338 e. The topological polar surface area (TPSA) is 89.7 Å². The molecule has 33 heavy (non-hydrogen) atoms. The van der Waals surface area contributed by atoms with Crippen molar-refractivity contribution in [1.29, 1.82) is 5.26 Å². The van der Waals surface area contributed by atoms with Crippen LogP contribution in [-0.4, -0.2) is 60.3 Å². The number of pyridine rings is 1. The van der Waals surface area contributed by atoms with E-state index in [1.807, 2.05) is 38.2 Å². The number of nitrogens with zero attached hydrogens (tertiary/aromatic N) is 4. The molecule has 7 heteroatoms. The number of aromatic nitrogens is 1. The van der Waals surface area contributed by atoms with Gasteiger partial charge in [-0.15, -0.1) is 0 Å². The number of fused-ring (bicyclic) bond motifs is 1. The van der Waals surface area contributed by atoms with E-state index in [9.17, 15) is 9.90 Å². The van der Waals surface area contributed by atoms with E-state index in [2.05, 4.69) is 27.8 Å². The lowest BCUT2D eigenvalue weighted by Crippen LogP contribution is -2.57. The van der Waals surface area contributed by atoms with E-state index < -0.39 is 6.10 Å². The van der Waals surface area contributed by atoms with Gasteiger partial charge in [0.2, 0.25) is 0 Å². The van der Waals surface area contributed by atoms with Gasteiger partial charge in [0.15, 0.2) is 0 Å². The van der Waals surface area contributed by atoms with Crippen LogP contribution in [0.4, 0.5) is 5.82 Å². The number of hydrogen-bond donors (Lipinski definition) is 1. The molecule has 174 valence electrons. The highest BCUT2D eigenvalue weighted by atomic mass is 16.5. The molecule has 1 saturated heterocycles. The zero-order valence-electron chi connectivity index (χ0n) is 19.6. The average Bonchev–Trinajstić information content (AvgIpc) is 2.78. The van der Waals surface area contributed by atoms with Crippen molar-refractivity contribution < 1.29 is 14.6 Å². The molecule has 3 heterocycles. The van der Waals surface area contributed by atoms with Crippen LogP contribution in [0, 0.1) is 16.7 Å². The van der Waals surface area contributed by atoms with Crippen LogP contribution >= 0.6 is 0 Å². The Bertz CT molecular complexity index is 1040. The molecule has 0 radical (unpaired) electrons. The number of hydrogen-bond acceptors (Lipinski definition) is 7. The molecule has 1 aromatic carbocycles. The van der Waals surface area contributed by atoms with E-state index in [1.165, 1.54) is 0 Å². The van der Waals surface area contributed by atoms with Crippen LogP contribution in [0.1, 0.15) is 59.8 Å². The summed E-state index contributed by atoms with van der Waals surface area (Å²) in [6.07, 6.45) is 3.71. The van der Waals surface area contributed by atoms with E-state index in [0.29, 0.717) is 24.1 Å². The number of carbonyl (C=O) groups excluding carboxylic acids is 1. The van der Waals surface area contributed by atoms with Crippen molar-refractivity contribution >= 4 is 11.8 Å². The number of likely N-dealkylation sites (N-methyl/N-ethyl adjacent to an activating group) is 1. The van der Waals surface area contributed by atoms with E-state index in [4.69, 9.17) is 10.00 Å². The molecule has 0 bridgehead atoms. The minimum absolute atomic E-state index is 0.133. The molecule has 0 amide bonds. The van der Waals surface area contributed by atoms with Crippen LogP contribution < -0.4 is 4.90 Å². The fourth-order valence-corrected chi connectivity index (χ4v) is 4.83. The molecule has 2 aliphatic heterocycles. The highest BCUT2D eigenvalue weighted by molar-refractivity contribution is 5.92. The van der Waals surface area contributed by atoms with Crippen LogP contribution in [0.25, 0.3) is 0 Å². The molecule has 7 nitrogen and oxygen atoms in total. The molecule has 4 rings (SSSR count). The summed E-state index contributed by atoms with van der Waals surface area (Å²) in [6.45, 7) is 7.47. The van der Waals surface area contributed by atoms with Gasteiger partial charge in [0, 0.05) is 37.7 Å². The number of anilines is 1. The van der Waals surface area contributed by atoms with Crippen molar-refractivity contribution in [2.75, 3.05) is 38.1 Å². The summed E-state index contributed by atoms with van der Waals surface area (Å²) in [4.78, 5) is 20.9. The van der Waals surface area contributed by atoms with Crippen LogP contribution in [0.2, 0.25) is 0 Å². The number of aliphatic hydroxyl groups is 1. The Labute approximate surface area is 195 Å². The zero-order chi connectivity index (χ0) is 23.6. The van der Waals surface area contributed by atoms with Gasteiger partial charge in [0.1, 0.15) is 18.0 Å². The predicted molar refractivity (Wildman–Crippen MR) is 126 cm³/mol. The number of carbonyl (C=O) groups is 1. The molecule has 1 N–H and O–H groups in total. The lowest BCUT2D eigenvalue weighted by Gasteiger charge is -2.51. The molecule has 1 aromatic heterocycles. The maximum Gasteiger partial charge on any atom is 0.338 e. The number of ether oxygens (including phenoxy) is 1. The Morgan fingerprint density at radius 3 is 2.82 bits per heavy atom. The first-order valence-corrected chi connectivity index (χ1v) is 11.6. The Morgan fingerprint density at radius 1 is 1.36 bits per heavy atom. The standard InChI is InChI=1S/C26H32N4O3/c1-4-26(16-30(17-26)24-8-5-19(13-27)14-28-24)9-10-29(3)15-23(31)20-6-7-22-21(12-20)11-18(2)33-25(22)32/h5-8,12,14,18,23,31H,4,9-11,15-17H2,1-3H3/t18-,23?/m0/s1. The van der Waals surface area contributed by atoms with Gasteiger partial charge in [0.25, 0.3) is 0 Å². The summed E-state index contributed by atoms with van der Waals surface area (Å²) in [6, 6.07) is 11.4. The minimum Gasteiger partial charge on any atom is -0.459 e. The first kappa shape index (κ1) is 23.2. The van der Waals surface area contributed by atoms with Gasteiger partial charge in [-0.1, -0.05) is 19.1 Å². The van der Waals surface area contributed by atoms with Crippen LogP contribution in [-0.2, 0) is 11.2 Å². The SMILES string of the molecule is CCC1(CCN(C)CC(O)c2ccc3c(c2)C[C@H](C)OC3=O)CN(c2ccc(C#N)cn2)C1. The molecule has 2 aliphatic rings. The highest BCUT2D eigenvalue weighted by Crippen LogP contribution is 2.39. The zero-order valence-corrected chi connectivity index (χ0v) is 19.6.